The largest absolute Gasteiger partial charge is 0.354 e. The molecule has 0 radical (unpaired) electrons. The van der Waals surface area contributed by atoms with Crippen LogP contribution < -0.4 is 16.4 Å². The van der Waals surface area contributed by atoms with Crippen LogP contribution in [0.1, 0.15) is 46.0 Å². The van der Waals surface area contributed by atoms with Crippen molar-refractivity contribution < 1.29 is 9.59 Å². The zero-order valence-corrected chi connectivity index (χ0v) is 11.4. The molecule has 0 saturated heterocycles. The minimum atomic E-state index is -0.473. The molecule has 0 aromatic heterocycles. The van der Waals surface area contributed by atoms with Gasteiger partial charge in [0.05, 0.1) is 0 Å². The van der Waals surface area contributed by atoms with E-state index in [4.69, 9.17) is 5.73 Å². The molecule has 1 atom stereocenters. The van der Waals surface area contributed by atoms with Crippen LogP contribution in [0.2, 0.25) is 0 Å². The van der Waals surface area contributed by atoms with E-state index >= 15 is 0 Å². The molecule has 0 spiro atoms. The smallest absolute Gasteiger partial charge is 0.242 e. The number of nitrogens with one attached hydrogen (secondary N) is 2. The monoisotopic (exact) mass is 255 g/mol. The van der Waals surface area contributed by atoms with Gasteiger partial charge in [0.25, 0.3) is 0 Å². The van der Waals surface area contributed by atoms with Gasteiger partial charge in [-0.2, -0.15) is 0 Å². The lowest BCUT2D eigenvalue weighted by Crippen LogP contribution is -2.48. The van der Waals surface area contributed by atoms with Crippen LogP contribution in [0, 0.1) is 5.41 Å². The van der Waals surface area contributed by atoms with Gasteiger partial charge in [-0.15, -0.1) is 0 Å². The van der Waals surface area contributed by atoms with Crippen LogP contribution in [0.15, 0.2) is 0 Å². The summed E-state index contributed by atoms with van der Waals surface area (Å²) in [7, 11) is 0. The maximum atomic E-state index is 11.9. The molecule has 0 aliphatic heterocycles. The molecule has 1 fully saturated rings. The van der Waals surface area contributed by atoms with Gasteiger partial charge in [-0.25, -0.2) is 0 Å². The van der Waals surface area contributed by atoms with Crippen molar-refractivity contribution in [1.29, 1.82) is 0 Å². The zero-order valence-electron chi connectivity index (χ0n) is 11.4. The third kappa shape index (κ3) is 3.98. The summed E-state index contributed by atoms with van der Waals surface area (Å²) < 4.78 is 0. The van der Waals surface area contributed by atoms with Gasteiger partial charge in [-0.1, -0.05) is 13.3 Å². The van der Waals surface area contributed by atoms with E-state index < -0.39 is 6.04 Å². The molecule has 0 aromatic rings. The third-order valence-corrected chi connectivity index (χ3v) is 3.70. The first-order chi connectivity index (χ1) is 8.53. The van der Waals surface area contributed by atoms with Crippen molar-refractivity contribution in [2.24, 2.45) is 11.1 Å². The Morgan fingerprint density at radius 2 is 2.06 bits per heavy atom. The van der Waals surface area contributed by atoms with Gasteiger partial charge in [-0.3, -0.25) is 9.59 Å². The van der Waals surface area contributed by atoms with Crippen molar-refractivity contribution in [3.63, 3.8) is 0 Å². The molecule has 0 bridgehead atoms. The highest BCUT2D eigenvalue weighted by Gasteiger charge is 2.37. The Morgan fingerprint density at radius 1 is 1.39 bits per heavy atom. The van der Waals surface area contributed by atoms with Crippen LogP contribution in [0.25, 0.3) is 0 Å². The first-order valence-electron chi connectivity index (χ1n) is 6.80. The minimum absolute atomic E-state index is 0.0102. The van der Waals surface area contributed by atoms with E-state index in [1.807, 2.05) is 6.92 Å². The van der Waals surface area contributed by atoms with E-state index in [1.165, 1.54) is 0 Å². The molecule has 18 heavy (non-hydrogen) atoms. The van der Waals surface area contributed by atoms with Gasteiger partial charge >= 0.3 is 0 Å². The summed E-state index contributed by atoms with van der Waals surface area (Å²) >= 11 is 0. The van der Waals surface area contributed by atoms with Crippen molar-refractivity contribution in [3.8, 4) is 0 Å². The Balaban J connectivity index is 2.32. The SMILES string of the molecule is CCCNC(=O)C(C)NC(=O)CC1(CN)CCC1. The summed E-state index contributed by atoms with van der Waals surface area (Å²) in [5, 5.41) is 5.50. The van der Waals surface area contributed by atoms with Gasteiger partial charge in [0.15, 0.2) is 0 Å². The fourth-order valence-electron chi connectivity index (χ4n) is 2.23. The summed E-state index contributed by atoms with van der Waals surface area (Å²) in [6, 6.07) is -0.473. The topological polar surface area (TPSA) is 84.2 Å². The molecule has 1 aliphatic carbocycles. The maximum Gasteiger partial charge on any atom is 0.242 e. The predicted molar refractivity (Wildman–Crippen MR) is 70.9 cm³/mol. The van der Waals surface area contributed by atoms with Crippen molar-refractivity contribution >= 4 is 11.8 Å². The van der Waals surface area contributed by atoms with E-state index in [0.717, 1.165) is 25.7 Å². The Hall–Kier alpha value is -1.10. The predicted octanol–water partition coefficient (Wildman–Crippen LogP) is 0.536. The first-order valence-corrected chi connectivity index (χ1v) is 6.80. The van der Waals surface area contributed by atoms with Gasteiger partial charge in [-0.05, 0) is 38.1 Å². The number of nitrogens with two attached hydrogens (primary N) is 1. The normalized spacial score (nSPS) is 18.6. The average molecular weight is 255 g/mol. The lowest BCUT2D eigenvalue weighted by Gasteiger charge is -2.40. The molecule has 1 saturated carbocycles. The first kappa shape index (κ1) is 15.0. The number of hydrogen-bond acceptors (Lipinski definition) is 3. The summed E-state index contributed by atoms with van der Waals surface area (Å²) in [6.07, 6.45) is 4.52. The lowest BCUT2D eigenvalue weighted by molar-refractivity contribution is -0.130. The third-order valence-electron chi connectivity index (χ3n) is 3.70. The molecule has 4 N–H and O–H groups in total. The Bertz CT molecular complexity index is 295. The number of hydrogen-bond donors (Lipinski definition) is 3. The average Bonchev–Trinajstić information content (AvgIpc) is 2.30. The molecule has 2 amide bonds. The van der Waals surface area contributed by atoms with Crippen LogP contribution in [0.3, 0.4) is 0 Å². The second-order valence-electron chi connectivity index (χ2n) is 5.31. The summed E-state index contributed by atoms with van der Waals surface area (Å²) in [5.74, 6) is -0.195. The van der Waals surface area contributed by atoms with E-state index in [9.17, 15) is 9.59 Å². The van der Waals surface area contributed by atoms with Crippen molar-refractivity contribution in [3.05, 3.63) is 0 Å². The fourth-order valence-corrected chi connectivity index (χ4v) is 2.23. The summed E-state index contributed by atoms with van der Waals surface area (Å²) in [6.45, 7) is 4.90. The molecule has 1 unspecified atom stereocenters. The zero-order chi connectivity index (χ0) is 13.6. The second-order valence-corrected chi connectivity index (χ2v) is 5.31. The van der Waals surface area contributed by atoms with Gasteiger partial charge in [0.1, 0.15) is 6.04 Å². The van der Waals surface area contributed by atoms with Gasteiger partial charge in [0.2, 0.25) is 11.8 Å². The van der Waals surface area contributed by atoms with Crippen LogP contribution in [-0.4, -0.2) is 30.9 Å². The highest BCUT2D eigenvalue weighted by Crippen LogP contribution is 2.42. The summed E-state index contributed by atoms with van der Waals surface area (Å²) in [5.41, 5.74) is 5.70. The second kappa shape index (κ2) is 6.73. The Morgan fingerprint density at radius 3 is 2.50 bits per heavy atom. The van der Waals surface area contributed by atoms with Gasteiger partial charge in [0, 0.05) is 13.0 Å². The van der Waals surface area contributed by atoms with Crippen LogP contribution in [0.5, 0.6) is 0 Å². The van der Waals surface area contributed by atoms with Crippen molar-refractivity contribution in [1.82, 2.24) is 10.6 Å². The molecule has 0 aromatic carbocycles. The van der Waals surface area contributed by atoms with Crippen LogP contribution in [0.4, 0.5) is 0 Å². The Kier molecular flexibility index (Phi) is 5.59. The lowest BCUT2D eigenvalue weighted by atomic mass is 9.66. The molecule has 104 valence electrons. The van der Waals surface area contributed by atoms with E-state index in [0.29, 0.717) is 19.5 Å². The highest BCUT2D eigenvalue weighted by atomic mass is 16.2. The number of amides is 2. The molecule has 0 heterocycles. The molecule has 1 aliphatic rings. The minimum Gasteiger partial charge on any atom is -0.354 e. The Labute approximate surface area is 109 Å². The van der Waals surface area contributed by atoms with Gasteiger partial charge < -0.3 is 16.4 Å². The molecular formula is C13H25N3O2. The maximum absolute atomic E-state index is 11.9. The quantitative estimate of drug-likeness (QED) is 0.620. The fraction of sp³-hybridized carbons (Fsp3) is 0.846. The number of carbonyl (C=O) groups is 2. The highest BCUT2D eigenvalue weighted by molar-refractivity contribution is 5.87. The van der Waals surface area contributed by atoms with Crippen molar-refractivity contribution in [2.45, 2.75) is 52.0 Å². The van der Waals surface area contributed by atoms with Crippen LogP contribution in [-0.2, 0) is 9.59 Å². The molecular weight excluding hydrogens is 230 g/mol. The standard InChI is InChI=1S/C13H25N3O2/c1-3-7-15-12(18)10(2)16-11(17)8-13(9-14)5-4-6-13/h10H,3-9,14H2,1-2H3,(H,15,18)(H,16,17). The molecule has 5 nitrogen and oxygen atoms in total. The van der Waals surface area contributed by atoms with Crippen molar-refractivity contribution in [2.75, 3.05) is 13.1 Å². The summed E-state index contributed by atoms with van der Waals surface area (Å²) in [4.78, 5) is 23.5. The van der Waals surface area contributed by atoms with E-state index in [2.05, 4.69) is 10.6 Å². The van der Waals surface area contributed by atoms with E-state index in [-0.39, 0.29) is 17.2 Å². The number of rotatable bonds is 7. The van der Waals surface area contributed by atoms with E-state index in [1.54, 1.807) is 6.92 Å². The van der Waals surface area contributed by atoms with Crippen LogP contribution >= 0.6 is 0 Å². The number of carbonyl (C=O) groups excluding carboxylic acids is 2. The molecule has 1 rings (SSSR count). The molecule has 5 heteroatoms.